The molecule has 0 aliphatic carbocycles. The molecule has 0 N–H and O–H groups in total. The Balaban J connectivity index is 2.04. The third kappa shape index (κ3) is 3.85. The van der Waals surface area contributed by atoms with Gasteiger partial charge < -0.3 is 4.90 Å². The van der Waals surface area contributed by atoms with Crippen LogP contribution >= 0.6 is 11.3 Å². The minimum absolute atomic E-state index is 0.249. The van der Waals surface area contributed by atoms with E-state index in [0.717, 1.165) is 40.1 Å². The summed E-state index contributed by atoms with van der Waals surface area (Å²) >= 11 is 1.55. The molecule has 0 radical (unpaired) electrons. The predicted molar refractivity (Wildman–Crippen MR) is 113 cm³/mol. The molecule has 0 fully saturated rings. The van der Waals surface area contributed by atoms with Crippen LogP contribution in [0.3, 0.4) is 0 Å². The average Bonchev–Trinajstić information content (AvgIpc) is 3.26. The van der Waals surface area contributed by atoms with E-state index in [4.69, 9.17) is 9.97 Å². The molecular weight excluding hydrogens is 359 g/mol. The molecule has 27 heavy (non-hydrogen) atoms. The van der Waals surface area contributed by atoms with Gasteiger partial charge in [0.1, 0.15) is 17.5 Å². The molecule has 0 atom stereocenters. The van der Waals surface area contributed by atoms with Crippen LogP contribution in [0.15, 0.2) is 41.8 Å². The largest absolute Gasteiger partial charge is 0.305 e. The standard InChI is InChI=1S/C21H23FN4S/c1-6-17-20(26(12-14(3)4)19(7-2)23-17)25(5)21-24-18(13-27-21)15-8-10-16(22)11-9-15/h7-13H,2,6H2,1,3-5H3. The molecule has 2 heterocycles. The fourth-order valence-corrected chi connectivity index (χ4v) is 3.68. The van der Waals surface area contributed by atoms with Gasteiger partial charge in [-0.1, -0.05) is 19.1 Å². The predicted octanol–water partition coefficient (Wildman–Crippen LogP) is 6.00. The number of hydrogen-bond acceptors (Lipinski definition) is 4. The number of nitrogens with zero attached hydrogens (tertiary/aromatic N) is 4. The Morgan fingerprint density at radius 1 is 1.26 bits per heavy atom. The van der Waals surface area contributed by atoms with Crippen molar-refractivity contribution in [1.82, 2.24) is 14.5 Å². The molecule has 0 aliphatic rings. The van der Waals surface area contributed by atoms with Crippen molar-refractivity contribution >= 4 is 34.6 Å². The van der Waals surface area contributed by atoms with Crippen LogP contribution in [0.1, 0.15) is 32.3 Å². The molecule has 1 aromatic carbocycles. The molecule has 0 saturated heterocycles. The molecule has 6 heteroatoms. The minimum atomic E-state index is -0.249. The maximum Gasteiger partial charge on any atom is 0.191 e. The van der Waals surface area contributed by atoms with Crippen molar-refractivity contribution in [3.8, 4) is 11.3 Å². The molecule has 0 unspecified atom stereocenters. The minimum Gasteiger partial charge on any atom is -0.305 e. The van der Waals surface area contributed by atoms with E-state index in [1.165, 1.54) is 17.7 Å². The molecule has 0 bridgehead atoms. The Labute approximate surface area is 163 Å². The van der Waals surface area contributed by atoms with Crippen molar-refractivity contribution in [3.63, 3.8) is 0 Å². The molecule has 0 amide bonds. The topological polar surface area (TPSA) is 34.0 Å². The van der Waals surface area contributed by atoms with Crippen molar-refractivity contribution < 1.29 is 4.39 Å². The van der Waals surface area contributed by atoms with Crippen LogP contribution < -0.4 is 4.90 Å². The lowest BCUT2D eigenvalue weighted by molar-refractivity contribution is 0.628. The van der Waals surface area contributed by atoms with E-state index < -0.39 is 0 Å². The van der Waals surface area contributed by atoms with E-state index in [9.17, 15) is 4.39 Å². The molecule has 0 saturated carbocycles. The van der Waals surface area contributed by atoms with Crippen LogP contribution in [0.5, 0.6) is 0 Å². The van der Waals surface area contributed by atoms with Crippen LogP contribution in [0.25, 0.3) is 23.5 Å². The summed E-state index contributed by atoms with van der Waals surface area (Å²) in [4.78, 5) is 11.5. The van der Waals surface area contributed by atoms with Gasteiger partial charge in [-0.2, -0.15) is 0 Å². The summed E-state index contributed by atoms with van der Waals surface area (Å²) in [7, 11) is 1.99. The first-order chi connectivity index (χ1) is 12.9. The molecule has 0 spiro atoms. The Bertz CT molecular complexity index is 978. The van der Waals surface area contributed by atoms with Gasteiger partial charge in [0.2, 0.25) is 0 Å². The van der Waals surface area contributed by atoms with Crippen molar-refractivity contribution in [2.45, 2.75) is 27.2 Å². The van der Waals surface area contributed by atoms with E-state index in [1.807, 2.05) is 12.4 Å². The zero-order chi connectivity index (χ0) is 19.6. The van der Waals surface area contributed by atoms with Gasteiger partial charge in [0, 0.05) is 24.2 Å². The summed E-state index contributed by atoms with van der Waals surface area (Å²) in [5.74, 6) is 1.54. The van der Waals surface area contributed by atoms with Gasteiger partial charge in [0.05, 0.1) is 11.4 Å². The lowest BCUT2D eigenvalue weighted by Gasteiger charge is -2.18. The maximum atomic E-state index is 13.2. The van der Waals surface area contributed by atoms with Gasteiger partial charge in [-0.3, -0.25) is 4.57 Å². The molecule has 2 aromatic heterocycles. The molecule has 3 rings (SSSR count). The zero-order valence-electron chi connectivity index (χ0n) is 16.0. The van der Waals surface area contributed by atoms with Gasteiger partial charge in [-0.05, 0) is 50.6 Å². The average molecular weight is 383 g/mol. The van der Waals surface area contributed by atoms with Crippen LogP contribution in [-0.4, -0.2) is 21.6 Å². The molecule has 140 valence electrons. The van der Waals surface area contributed by atoms with Crippen LogP contribution in [-0.2, 0) is 6.42 Å². The van der Waals surface area contributed by atoms with E-state index in [2.05, 4.69) is 43.0 Å². The Hall–Kier alpha value is -2.73. The first-order valence-corrected chi connectivity index (χ1v) is 9.66. The number of allylic oxidation sites excluding steroid dienone is 1. The quantitative estimate of drug-likeness (QED) is 0.524. The summed E-state index contributed by atoms with van der Waals surface area (Å²) < 4.78 is 15.2. The Morgan fingerprint density at radius 2 is 1.96 bits per heavy atom. The summed E-state index contributed by atoms with van der Waals surface area (Å²) in [6, 6.07) is 6.39. The molecular formula is C21H23FN4S. The number of benzene rings is 1. The van der Waals surface area contributed by atoms with Crippen LogP contribution in [0.4, 0.5) is 15.3 Å². The SMILES string of the molecule is C=Cc1nc(CC)c(N(C)c2nc(-c3ccc(F)cc3)cs2)n1C=C(C)C. The Kier molecular flexibility index (Phi) is 5.56. The fraction of sp³-hybridized carbons (Fsp3) is 0.238. The second-order valence-electron chi connectivity index (χ2n) is 6.46. The number of anilines is 2. The highest BCUT2D eigenvalue weighted by Gasteiger charge is 2.20. The first kappa shape index (κ1) is 19.0. The van der Waals surface area contributed by atoms with Crippen LogP contribution in [0, 0.1) is 5.82 Å². The van der Waals surface area contributed by atoms with E-state index in [1.54, 1.807) is 29.5 Å². The highest BCUT2D eigenvalue weighted by Crippen LogP contribution is 2.34. The summed E-state index contributed by atoms with van der Waals surface area (Å²) in [6.07, 6.45) is 4.63. The van der Waals surface area contributed by atoms with E-state index in [0.29, 0.717) is 0 Å². The normalized spacial score (nSPS) is 10.7. The van der Waals surface area contributed by atoms with Gasteiger partial charge in [-0.25, -0.2) is 14.4 Å². The number of aromatic nitrogens is 3. The summed E-state index contributed by atoms with van der Waals surface area (Å²) in [5.41, 5.74) is 3.88. The maximum absolute atomic E-state index is 13.2. The van der Waals surface area contributed by atoms with Crippen LogP contribution in [0.2, 0.25) is 0 Å². The molecule has 3 aromatic rings. The van der Waals surface area contributed by atoms with Crippen molar-refractivity contribution in [2.75, 3.05) is 11.9 Å². The summed E-state index contributed by atoms with van der Waals surface area (Å²) in [5, 5.41) is 2.84. The van der Waals surface area contributed by atoms with E-state index >= 15 is 0 Å². The Morgan fingerprint density at radius 3 is 2.56 bits per heavy atom. The number of rotatable bonds is 6. The van der Waals surface area contributed by atoms with Gasteiger partial charge in [-0.15, -0.1) is 11.3 Å². The third-order valence-electron chi connectivity index (χ3n) is 4.12. The van der Waals surface area contributed by atoms with Crippen molar-refractivity contribution in [1.29, 1.82) is 0 Å². The highest BCUT2D eigenvalue weighted by molar-refractivity contribution is 7.14. The van der Waals surface area contributed by atoms with Gasteiger partial charge in [0.15, 0.2) is 5.13 Å². The van der Waals surface area contributed by atoms with Gasteiger partial charge in [0.25, 0.3) is 0 Å². The third-order valence-corrected chi connectivity index (χ3v) is 5.04. The second kappa shape index (κ2) is 7.88. The number of halogens is 1. The number of imidazole rings is 1. The lowest BCUT2D eigenvalue weighted by atomic mass is 10.2. The second-order valence-corrected chi connectivity index (χ2v) is 7.29. The molecule has 0 aliphatic heterocycles. The summed E-state index contributed by atoms with van der Waals surface area (Å²) in [6.45, 7) is 10.1. The number of hydrogen-bond donors (Lipinski definition) is 0. The fourth-order valence-electron chi connectivity index (χ4n) is 2.87. The highest BCUT2D eigenvalue weighted by atomic mass is 32.1. The van der Waals surface area contributed by atoms with Crippen molar-refractivity contribution in [3.05, 3.63) is 59.1 Å². The van der Waals surface area contributed by atoms with E-state index in [-0.39, 0.29) is 5.82 Å². The van der Waals surface area contributed by atoms with Gasteiger partial charge >= 0.3 is 0 Å². The lowest BCUT2D eigenvalue weighted by Crippen LogP contribution is -2.14. The smallest absolute Gasteiger partial charge is 0.191 e. The molecule has 4 nitrogen and oxygen atoms in total. The van der Waals surface area contributed by atoms with Crippen molar-refractivity contribution in [2.24, 2.45) is 0 Å². The zero-order valence-corrected chi connectivity index (χ0v) is 16.8. The number of aryl methyl sites for hydroxylation is 1. The first-order valence-electron chi connectivity index (χ1n) is 8.78. The number of thiazole rings is 1. The monoisotopic (exact) mass is 382 g/mol.